The van der Waals surface area contributed by atoms with Crippen LogP contribution in [0.5, 0.6) is 0 Å². The number of rotatable bonds is 3. The van der Waals surface area contributed by atoms with E-state index in [0.717, 1.165) is 36.8 Å². The molecular weight excluding hydrogens is 336 g/mol. The van der Waals surface area contributed by atoms with E-state index in [-0.39, 0.29) is 23.0 Å². The van der Waals surface area contributed by atoms with Gasteiger partial charge in [0.05, 0.1) is 16.4 Å². The van der Waals surface area contributed by atoms with E-state index in [1.807, 2.05) is 19.9 Å². The number of fused-ring (bicyclic) bond motifs is 1. The normalized spacial score (nSPS) is 43.4. The third-order valence-corrected chi connectivity index (χ3v) is 9.60. The van der Waals surface area contributed by atoms with Gasteiger partial charge in [-0.2, -0.15) is 0 Å². The van der Waals surface area contributed by atoms with Gasteiger partial charge in [0, 0.05) is 0 Å². The summed E-state index contributed by atoms with van der Waals surface area (Å²) in [7, 11) is -3.12. The standard InChI is InChI=1S/C20H30O4S/c1-13-6-7-17-19(3,9-5-10-20(17,4)18(21)22)15(13)12-16-14(2)8-11-25(16,23)24/h8,15-17H,1,5-7,9-12H2,2-4H3,(H,21,22)/t15-,16?,17+,19+,20-/m0/s1. The van der Waals surface area contributed by atoms with Crippen LogP contribution in [0.15, 0.2) is 23.8 Å². The van der Waals surface area contributed by atoms with E-state index in [1.54, 1.807) is 0 Å². The summed E-state index contributed by atoms with van der Waals surface area (Å²) in [6.07, 6.45) is 6.60. The van der Waals surface area contributed by atoms with Crippen molar-refractivity contribution >= 4 is 15.8 Å². The highest BCUT2D eigenvalue weighted by Crippen LogP contribution is 2.62. The molecule has 5 heteroatoms. The van der Waals surface area contributed by atoms with Crippen LogP contribution in [-0.2, 0) is 14.6 Å². The van der Waals surface area contributed by atoms with Crippen molar-refractivity contribution in [3.63, 3.8) is 0 Å². The number of carboxylic acid groups (broad SMARTS) is 1. The van der Waals surface area contributed by atoms with Crippen molar-refractivity contribution < 1.29 is 18.3 Å². The zero-order valence-electron chi connectivity index (χ0n) is 15.5. The van der Waals surface area contributed by atoms with Gasteiger partial charge in [0.15, 0.2) is 9.84 Å². The summed E-state index contributed by atoms with van der Waals surface area (Å²) in [5.41, 5.74) is 1.16. The first kappa shape index (κ1) is 18.7. The van der Waals surface area contributed by atoms with Crippen LogP contribution in [0.3, 0.4) is 0 Å². The van der Waals surface area contributed by atoms with E-state index in [4.69, 9.17) is 0 Å². The Bertz CT molecular complexity index is 735. The number of carboxylic acids is 1. The van der Waals surface area contributed by atoms with Crippen LogP contribution >= 0.6 is 0 Å². The summed E-state index contributed by atoms with van der Waals surface area (Å²) in [5.74, 6) is -0.420. The maximum atomic E-state index is 12.5. The average Bonchev–Trinajstić information content (AvgIpc) is 2.76. The Hall–Kier alpha value is -1.10. The van der Waals surface area contributed by atoms with Gasteiger partial charge >= 0.3 is 5.97 Å². The molecule has 25 heavy (non-hydrogen) atoms. The fourth-order valence-corrected chi connectivity index (χ4v) is 7.84. The fraction of sp³-hybridized carbons (Fsp3) is 0.750. The monoisotopic (exact) mass is 366 g/mol. The Labute approximate surface area is 151 Å². The van der Waals surface area contributed by atoms with E-state index in [0.29, 0.717) is 12.8 Å². The summed E-state index contributed by atoms with van der Waals surface area (Å²) >= 11 is 0. The molecule has 0 spiro atoms. The van der Waals surface area contributed by atoms with Gasteiger partial charge < -0.3 is 5.11 Å². The van der Waals surface area contributed by atoms with Gasteiger partial charge in [0.2, 0.25) is 0 Å². The first-order valence-corrected chi connectivity index (χ1v) is 11.0. The predicted octanol–water partition coefficient (Wildman–Crippen LogP) is 3.98. The molecule has 1 unspecified atom stereocenters. The minimum Gasteiger partial charge on any atom is -0.481 e. The molecule has 5 atom stereocenters. The summed E-state index contributed by atoms with van der Waals surface area (Å²) in [6.45, 7) is 10.3. The Morgan fingerprint density at radius 3 is 2.60 bits per heavy atom. The lowest BCUT2D eigenvalue weighted by Gasteiger charge is -2.57. The van der Waals surface area contributed by atoms with Gasteiger partial charge in [0.1, 0.15) is 0 Å². The Morgan fingerprint density at radius 1 is 1.36 bits per heavy atom. The number of allylic oxidation sites excluding steroid dienone is 1. The molecule has 0 aromatic heterocycles. The van der Waals surface area contributed by atoms with Gasteiger partial charge in [-0.05, 0) is 63.2 Å². The summed E-state index contributed by atoms with van der Waals surface area (Å²) < 4.78 is 25.0. The minimum absolute atomic E-state index is 0.0754. The van der Waals surface area contributed by atoms with Gasteiger partial charge in [-0.1, -0.05) is 37.1 Å². The molecule has 1 aliphatic heterocycles. The van der Waals surface area contributed by atoms with Gasteiger partial charge in [-0.3, -0.25) is 4.79 Å². The Morgan fingerprint density at radius 2 is 2.04 bits per heavy atom. The Balaban J connectivity index is 1.97. The molecule has 2 fully saturated rings. The van der Waals surface area contributed by atoms with Crippen LogP contribution in [-0.4, -0.2) is 30.5 Å². The highest BCUT2D eigenvalue weighted by atomic mass is 32.2. The van der Waals surface area contributed by atoms with E-state index >= 15 is 0 Å². The molecule has 0 bridgehead atoms. The van der Waals surface area contributed by atoms with Crippen LogP contribution in [0.1, 0.15) is 59.3 Å². The lowest BCUT2D eigenvalue weighted by atomic mass is 9.46. The first-order chi connectivity index (χ1) is 11.5. The van der Waals surface area contributed by atoms with Crippen LogP contribution < -0.4 is 0 Å². The van der Waals surface area contributed by atoms with Crippen molar-refractivity contribution in [2.24, 2.45) is 22.7 Å². The zero-order chi connectivity index (χ0) is 18.6. The van der Waals surface area contributed by atoms with Crippen LogP contribution in [0.25, 0.3) is 0 Å². The molecule has 1 heterocycles. The molecule has 0 amide bonds. The smallest absolute Gasteiger partial charge is 0.309 e. The average molecular weight is 367 g/mol. The molecule has 4 nitrogen and oxygen atoms in total. The number of hydrogen-bond acceptors (Lipinski definition) is 3. The maximum absolute atomic E-state index is 12.5. The van der Waals surface area contributed by atoms with Crippen LogP contribution in [0.4, 0.5) is 0 Å². The van der Waals surface area contributed by atoms with Crippen molar-refractivity contribution in [3.05, 3.63) is 23.8 Å². The Kier molecular flexibility index (Phi) is 4.46. The summed E-state index contributed by atoms with van der Waals surface area (Å²) in [6, 6.07) is 0. The molecule has 1 N–H and O–H groups in total. The second kappa shape index (κ2) is 5.97. The predicted molar refractivity (Wildman–Crippen MR) is 99.0 cm³/mol. The maximum Gasteiger partial charge on any atom is 0.309 e. The number of aliphatic carboxylic acids is 1. The van der Waals surface area contributed by atoms with Crippen LogP contribution in [0, 0.1) is 22.7 Å². The van der Waals surface area contributed by atoms with Crippen molar-refractivity contribution in [2.75, 3.05) is 5.75 Å². The topological polar surface area (TPSA) is 71.4 Å². The van der Waals surface area contributed by atoms with E-state index in [1.165, 1.54) is 0 Å². The highest BCUT2D eigenvalue weighted by Gasteiger charge is 2.58. The van der Waals surface area contributed by atoms with E-state index in [9.17, 15) is 18.3 Å². The first-order valence-electron chi connectivity index (χ1n) is 9.31. The molecule has 0 radical (unpaired) electrons. The third kappa shape index (κ3) is 2.79. The minimum atomic E-state index is -3.12. The van der Waals surface area contributed by atoms with Crippen molar-refractivity contribution in [1.82, 2.24) is 0 Å². The molecule has 2 saturated carbocycles. The number of carbonyl (C=O) groups is 1. The van der Waals surface area contributed by atoms with Crippen LogP contribution in [0.2, 0.25) is 0 Å². The molecule has 0 aromatic rings. The van der Waals surface area contributed by atoms with Gasteiger partial charge in [-0.25, -0.2) is 8.42 Å². The zero-order valence-corrected chi connectivity index (χ0v) is 16.4. The van der Waals surface area contributed by atoms with Crippen molar-refractivity contribution in [1.29, 1.82) is 0 Å². The van der Waals surface area contributed by atoms with E-state index in [2.05, 4.69) is 13.5 Å². The summed E-state index contributed by atoms with van der Waals surface area (Å²) in [4.78, 5) is 12.0. The lowest BCUT2D eigenvalue weighted by molar-refractivity contribution is -0.164. The van der Waals surface area contributed by atoms with Crippen molar-refractivity contribution in [3.8, 4) is 0 Å². The highest BCUT2D eigenvalue weighted by molar-refractivity contribution is 7.92. The largest absolute Gasteiger partial charge is 0.481 e. The molecule has 0 aromatic carbocycles. The molecule has 3 rings (SSSR count). The lowest BCUT2D eigenvalue weighted by Crippen LogP contribution is -2.54. The van der Waals surface area contributed by atoms with Gasteiger partial charge in [-0.15, -0.1) is 0 Å². The molecule has 3 aliphatic rings. The molecule has 0 saturated heterocycles. The number of sulfone groups is 1. The molecule has 140 valence electrons. The van der Waals surface area contributed by atoms with E-state index < -0.39 is 26.5 Å². The molecule has 2 aliphatic carbocycles. The number of hydrogen-bond donors (Lipinski definition) is 1. The van der Waals surface area contributed by atoms with Gasteiger partial charge in [0.25, 0.3) is 0 Å². The SMILES string of the molecule is C=C1CC[C@@H]2[C@](C)(CCC[C@]2(C)C(=O)O)[C@H]1CC1C(C)=CCS1(=O)=O. The molecular formula is C20H30O4S. The quantitative estimate of drug-likeness (QED) is 0.767. The fourth-order valence-electron chi connectivity index (χ4n) is 5.97. The summed E-state index contributed by atoms with van der Waals surface area (Å²) in [5, 5.41) is 9.46. The second-order valence-electron chi connectivity index (χ2n) is 8.89. The second-order valence-corrected chi connectivity index (χ2v) is 11.1. The third-order valence-electron chi connectivity index (χ3n) is 7.54. The van der Waals surface area contributed by atoms with Crippen molar-refractivity contribution in [2.45, 2.75) is 64.5 Å².